The number of nitrogens with one attached hydrogen (secondary N) is 1. The van der Waals surface area contributed by atoms with Crippen LogP contribution in [0.4, 0.5) is 0 Å². The molecule has 0 bridgehead atoms. The number of methoxy groups -OCH3 is 1. The molecule has 1 aliphatic carbocycles. The lowest BCUT2D eigenvalue weighted by atomic mass is 9.94. The van der Waals surface area contributed by atoms with Gasteiger partial charge in [0.15, 0.2) is 5.78 Å². The van der Waals surface area contributed by atoms with Crippen LogP contribution >= 0.6 is 0 Å². The number of ketones is 1. The number of ether oxygens (including phenoxy) is 1. The van der Waals surface area contributed by atoms with E-state index in [1.807, 2.05) is 36.5 Å². The average Bonchev–Trinajstić information content (AvgIpc) is 2.41. The summed E-state index contributed by atoms with van der Waals surface area (Å²) in [7, 11) is 1.66. The van der Waals surface area contributed by atoms with Crippen LogP contribution in [0.5, 0.6) is 5.75 Å². The maximum absolute atomic E-state index is 11.6. The molecule has 0 heterocycles. The summed E-state index contributed by atoms with van der Waals surface area (Å²) < 4.78 is 5.26. The SMILES string of the molecule is COc1ccccc1/C=C/NC1CCCCC1=O. The van der Waals surface area contributed by atoms with Crippen LogP contribution in [-0.2, 0) is 4.79 Å². The van der Waals surface area contributed by atoms with Gasteiger partial charge in [-0.05, 0) is 31.2 Å². The Morgan fingerprint density at radius 3 is 2.94 bits per heavy atom. The van der Waals surface area contributed by atoms with Gasteiger partial charge in [-0.1, -0.05) is 24.6 Å². The van der Waals surface area contributed by atoms with Crippen molar-refractivity contribution in [3.8, 4) is 5.75 Å². The largest absolute Gasteiger partial charge is 0.496 e. The number of hydrogen-bond donors (Lipinski definition) is 1. The van der Waals surface area contributed by atoms with Crippen LogP contribution in [0.3, 0.4) is 0 Å². The molecular formula is C15H19NO2. The molecule has 96 valence electrons. The third kappa shape index (κ3) is 3.13. The molecule has 0 radical (unpaired) electrons. The van der Waals surface area contributed by atoms with Crippen LogP contribution in [0.15, 0.2) is 30.5 Å². The quantitative estimate of drug-likeness (QED) is 0.886. The molecule has 1 unspecified atom stereocenters. The van der Waals surface area contributed by atoms with Crippen molar-refractivity contribution < 1.29 is 9.53 Å². The van der Waals surface area contributed by atoms with E-state index in [0.29, 0.717) is 12.2 Å². The van der Waals surface area contributed by atoms with E-state index in [9.17, 15) is 4.79 Å². The monoisotopic (exact) mass is 245 g/mol. The molecule has 1 fully saturated rings. The van der Waals surface area contributed by atoms with Gasteiger partial charge < -0.3 is 10.1 Å². The molecule has 18 heavy (non-hydrogen) atoms. The minimum atomic E-state index is -0.00953. The van der Waals surface area contributed by atoms with Crippen LogP contribution in [0, 0.1) is 0 Å². The fraction of sp³-hybridized carbons (Fsp3) is 0.400. The minimum Gasteiger partial charge on any atom is -0.496 e. The zero-order valence-corrected chi connectivity index (χ0v) is 10.7. The number of carbonyl (C=O) groups excluding carboxylic acids is 1. The van der Waals surface area contributed by atoms with Crippen LogP contribution in [-0.4, -0.2) is 18.9 Å². The summed E-state index contributed by atoms with van der Waals surface area (Å²) in [6.07, 6.45) is 7.61. The van der Waals surface area contributed by atoms with E-state index in [0.717, 1.165) is 30.6 Å². The Hall–Kier alpha value is -1.77. The lowest BCUT2D eigenvalue weighted by Crippen LogP contribution is -2.35. The third-order valence-corrected chi connectivity index (χ3v) is 3.25. The van der Waals surface area contributed by atoms with Gasteiger partial charge in [-0.3, -0.25) is 4.79 Å². The Kier molecular flexibility index (Phi) is 4.40. The molecule has 1 aromatic carbocycles. The van der Waals surface area contributed by atoms with Crippen LogP contribution < -0.4 is 10.1 Å². The molecule has 0 spiro atoms. The van der Waals surface area contributed by atoms with E-state index in [4.69, 9.17) is 4.74 Å². The van der Waals surface area contributed by atoms with Gasteiger partial charge >= 0.3 is 0 Å². The maximum Gasteiger partial charge on any atom is 0.154 e. The predicted octanol–water partition coefficient (Wildman–Crippen LogP) is 2.77. The van der Waals surface area contributed by atoms with Crippen LogP contribution in [0.1, 0.15) is 31.2 Å². The van der Waals surface area contributed by atoms with E-state index in [2.05, 4.69) is 5.32 Å². The van der Waals surface area contributed by atoms with Crippen molar-refractivity contribution in [1.29, 1.82) is 0 Å². The highest BCUT2D eigenvalue weighted by atomic mass is 16.5. The second-order valence-electron chi connectivity index (χ2n) is 4.51. The highest BCUT2D eigenvalue weighted by Gasteiger charge is 2.20. The summed E-state index contributed by atoms with van der Waals surface area (Å²) in [5, 5.41) is 3.19. The summed E-state index contributed by atoms with van der Waals surface area (Å²) in [4.78, 5) is 11.6. The smallest absolute Gasteiger partial charge is 0.154 e. The second-order valence-corrected chi connectivity index (χ2v) is 4.51. The summed E-state index contributed by atoms with van der Waals surface area (Å²) in [6, 6.07) is 7.80. The summed E-state index contributed by atoms with van der Waals surface area (Å²) in [6.45, 7) is 0. The standard InChI is InChI=1S/C15H19NO2/c1-18-15-9-5-2-6-12(15)10-11-16-13-7-3-4-8-14(13)17/h2,5-6,9-11,13,16H,3-4,7-8H2,1H3/b11-10+. The molecule has 0 aliphatic heterocycles. The number of carbonyl (C=O) groups is 1. The molecule has 2 rings (SSSR count). The van der Waals surface area contributed by atoms with Gasteiger partial charge in [-0.25, -0.2) is 0 Å². The first-order chi connectivity index (χ1) is 8.81. The molecule has 0 aromatic heterocycles. The number of benzene rings is 1. The highest BCUT2D eigenvalue weighted by molar-refractivity contribution is 5.84. The Morgan fingerprint density at radius 2 is 2.17 bits per heavy atom. The number of para-hydroxylation sites is 1. The lowest BCUT2D eigenvalue weighted by molar-refractivity contribution is -0.122. The Morgan fingerprint density at radius 1 is 1.33 bits per heavy atom. The van der Waals surface area contributed by atoms with Crippen LogP contribution in [0.25, 0.3) is 6.08 Å². The van der Waals surface area contributed by atoms with Crippen molar-refractivity contribution in [2.45, 2.75) is 31.7 Å². The minimum absolute atomic E-state index is 0.00953. The Bertz CT molecular complexity index is 440. The topological polar surface area (TPSA) is 38.3 Å². The van der Waals surface area contributed by atoms with Crippen molar-refractivity contribution in [2.24, 2.45) is 0 Å². The normalized spacial score (nSPS) is 20.1. The molecule has 0 amide bonds. The van der Waals surface area contributed by atoms with E-state index in [1.165, 1.54) is 0 Å². The van der Waals surface area contributed by atoms with E-state index in [-0.39, 0.29) is 6.04 Å². The molecular weight excluding hydrogens is 226 g/mol. The zero-order chi connectivity index (χ0) is 12.8. The molecule has 1 N–H and O–H groups in total. The van der Waals surface area contributed by atoms with Gasteiger partial charge in [0.25, 0.3) is 0 Å². The fourth-order valence-corrected chi connectivity index (χ4v) is 2.22. The molecule has 3 heteroatoms. The summed E-state index contributed by atoms with van der Waals surface area (Å²) >= 11 is 0. The first kappa shape index (κ1) is 12.7. The molecule has 3 nitrogen and oxygen atoms in total. The average molecular weight is 245 g/mol. The number of rotatable bonds is 4. The van der Waals surface area contributed by atoms with E-state index < -0.39 is 0 Å². The van der Waals surface area contributed by atoms with Crippen molar-refractivity contribution in [2.75, 3.05) is 7.11 Å². The van der Waals surface area contributed by atoms with Gasteiger partial charge in [0, 0.05) is 12.0 Å². The van der Waals surface area contributed by atoms with E-state index >= 15 is 0 Å². The van der Waals surface area contributed by atoms with Crippen molar-refractivity contribution in [1.82, 2.24) is 5.32 Å². The number of hydrogen-bond acceptors (Lipinski definition) is 3. The van der Waals surface area contributed by atoms with Gasteiger partial charge in [-0.15, -0.1) is 0 Å². The first-order valence-electron chi connectivity index (χ1n) is 6.39. The zero-order valence-electron chi connectivity index (χ0n) is 10.7. The fourth-order valence-electron chi connectivity index (χ4n) is 2.22. The molecule has 1 atom stereocenters. The Labute approximate surface area is 108 Å². The second kappa shape index (κ2) is 6.24. The predicted molar refractivity (Wildman–Crippen MR) is 72.4 cm³/mol. The molecule has 1 aromatic rings. The first-order valence-corrected chi connectivity index (χ1v) is 6.39. The highest BCUT2D eigenvalue weighted by Crippen LogP contribution is 2.19. The van der Waals surface area contributed by atoms with Crippen molar-refractivity contribution in [3.05, 3.63) is 36.0 Å². The Balaban J connectivity index is 1.96. The van der Waals surface area contributed by atoms with Gasteiger partial charge in [0.2, 0.25) is 0 Å². The van der Waals surface area contributed by atoms with Gasteiger partial charge in [0.05, 0.1) is 13.2 Å². The van der Waals surface area contributed by atoms with Crippen molar-refractivity contribution in [3.63, 3.8) is 0 Å². The third-order valence-electron chi connectivity index (χ3n) is 3.25. The maximum atomic E-state index is 11.6. The van der Waals surface area contributed by atoms with Gasteiger partial charge in [-0.2, -0.15) is 0 Å². The number of Topliss-reactive ketones (excluding diaryl/α,β-unsaturated/α-hetero) is 1. The molecule has 1 saturated carbocycles. The van der Waals surface area contributed by atoms with Crippen molar-refractivity contribution >= 4 is 11.9 Å². The lowest BCUT2D eigenvalue weighted by Gasteiger charge is -2.20. The van der Waals surface area contributed by atoms with Crippen LogP contribution in [0.2, 0.25) is 0 Å². The van der Waals surface area contributed by atoms with E-state index in [1.54, 1.807) is 7.11 Å². The summed E-state index contributed by atoms with van der Waals surface area (Å²) in [5.41, 5.74) is 1.01. The summed E-state index contributed by atoms with van der Waals surface area (Å²) in [5.74, 6) is 1.16. The van der Waals surface area contributed by atoms with Gasteiger partial charge in [0.1, 0.15) is 5.75 Å². The molecule has 0 saturated heterocycles. The molecule has 1 aliphatic rings.